The van der Waals surface area contributed by atoms with E-state index in [1.807, 2.05) is 20.8 Å². The average Bonchev–Trinajstić information content (AvgIpc) is 1.97. The van der Waals surface area contributed by atoms with E-state index in [-0.39, 0.29) is 35.3 Å². The maximum atomic E-state index is 12.0. The highest BCUT2D eigenvalue weighted by Crippen LogP contribution is 2.29. The molecule has 0 bridgehead atoms. The highest BCUT2D eigenvalue weighted by molar-refractivity contribution is 7.92. The van der Waals surface area contributed by atoms with Gasteiger partial charge in [0.1, 0.15) is 5.25 Å². The lowest BCUT2D eigenvalue weighted by Gasteiger charge is -2.44. The van der Waals surface area contributed by atoms with E-state index in [1.165, 1.54) is 0 Å². The minimum Gasteiger partial charge on any atom is -0.374 e. The minimum absolute atomic E-state index is 0.0637. The molecule has 2 heterocycles. The number of sulfone groups is 1. The van der Waals surface area contributed by atoms with Gasteiger partial charge in [-0.2, -0.15) is 0 Å². The summed E-state index contributed by atoms with van der Waals surface area (Å²) >= 11 is 0. The zero-order chi connectivity index (χ0) is 11.2. The fourth-order valence-electron chi connectivity index (χ4n) is 2.90. The summed E-state index contributed by atoms with van der Waals surface area (Å²) in [5.41, 5.74) is 0. The average molecular weight is 233 g/mol. The lowest BCUT2D eigenvalue weighted by atomic mass is 9.98. The maximum absolute atomic E-state index is 12.0. The predicted molar refractivity (Wildman–Crippen MR) is 58.6 cm³/mol. The van der Waals surface area contributed by atoms with Gasteiger partial charge in [0.2, 0.25) is 0 Å². The van der Waals surface area contributed by atoms with E-state index in [0.717, 1.165) is 6.42 Å². The molecule has 2 rings (SSSR count). The van der Waals surface area contributed by atoms with Gasteiger partial charge in [-0.05, 0) is 27.2 Å². The van der Waals surface area contributed by atoms with Crippen LogP contribution in [0.5, 0.6) is 0 Å². The van der Waals surface area contributed by atoms with Crippen molar-refractivity contribution >= 4 is 9.84 Å². The SMILES string of the molecule is CC1CS(=O)(=O)C2C(CC(C)OC2C)N1. The first-order chi connectivity index (χ1) is 6.90. The standard InChI is InChI=1S/C10H19NO3S/c1-6-5-15(12,13)10-8(3)14-7(2)4-9(10)11-6/h6-11H,4-5H2,1-3H3. The van der Waals surface area contributed by atoms with Crippen molar-refractivity contribution in [3.63, 3.8) is 0 Å². The van der Waals surface area contributed by atoms with Crippen LogP contribution in [0.25, 0.3) is 0 Å². The van der Waals surface area contributed by atoms with Crippen LogP contribution >= 0.6 is 0 Å². The molecule has 5 atom stereocenters. The molecule has 4 nitrogen and oxygen atoms in total. The zero-order valence-corrected chi connectivity index (χ0v) is 10.3. The highest BCUT2D eigenvalue weighted by Gasteiger charge is 2.46. The molecule has 0 amide bonds. The number of rotatable bonds is 0. The summed E-state index contributed by atoms with van der Waals surface area (Å²) in [4.78, 5) is 0. The Labute approximate surface area is 91.3 Å². The molecule has 5 heteroatoms. The Hall–Kier alpha value is -0.130. The summed E-state index contributed by atoms with van der Waals surface area (Å²) in [6.45, 7) is 5.79. The number of hydrogen-bond acceptors (Lipinski definition) is 4. The van der Waals surface area contributed by atoms with Gasteiger partial charge in [-0.3, -0.25) is 0 Å². The van der Waals surface area contributed by atoms with Crippen molar-refractivity contribution in [1.82, 2.24) is 5.32 Å². The molecular weight excluding hydrogens is 214 g/mol. The molecule has 15 heavy (non-hydrogen) atoms. The maximum Gasteiger partial charge on any atom is 0.158 e. The Bertz CT molecular complexity index is 339. The molecule has 0 radical (unpaired) electrons. The molecule has 0 spiro atoms. The van der Waals surface area contributed by atoms with E-state index in [2.05, 4.69) is 5.32 Å². The van der Waals surface area contributed by atoms with Crippen LogP contribution in [0.2, 0.25) is 0 Å². The lowest BCUT2D eigenvalue weighted by molar-refractivity contribution is -0.0417. The van der Waals surface area contributed by atoms with Crippen molar-refractivity contribution in [3.05, 3.63) is 0 Å². The van der Waals surface area contributed by atoms with E-state index < -0.39 is 9.84 Å². The molecule has 5 unspecified atom stereocenters. The molecule has 2 saturated heterocycles. The van der Waals surface area contributed by atoms with Gasteiger partial charge in [0.05, 0.1) is 18.0 Å². The van der Waals surface area contributed by atoms with Gasteiger partial charge < -0.3 is 10.1 Å². The van der Waals surface area contributed by atoms with E-state index in [4.69, 9.17) is 4.74 Å². The van der Waals surface area contributed by atoms with E-state index in [0.29, 0.717) is 0 Å². The van der Waals surface area contributed by atoms with Gasteiger partial charge in [-0.1, -0.05) is 0 Å². The molecule has 2 fully saturated rings. The summed E-state index contributed by atoms with van der Waals surface area (Å²) in [5.74, 6) is 0.232. The first kappa shape index (κ1) is 11.4. The van der Waals surface area contributed by atoms with Crippen molar-refractivity contribution in [2.24, 2.45) is 0 Å². The third-order valence-electron chi connectivity index (χ3n) is 3.29. The smallest absolute Gasteiger partial charge is 0.158 e. The molecule has 0 aromatic rings. The molecule has 1 N–H and O–H groups in total. The first-order valence-corrected chi connectivity index (χ1v) is 7.25. The van der Waals surface area contributed by atoms with Crippen molar-refractivity contribution in [2.75, 3.05) is 5.75 Å². The first-order valence-electron chi connectivity index (χ1n) is 5.53. The quantitative estimate of drug-likeness (QED) is 0.655. The number of ether oxygens (including phenoxy) is 1. The summed E-state index contributed by atoms with van der Waals surface area (Å²) < 4.78 is 29.7. The van der Waals surface area contributed by atoms with Gasteiger partial charge in [0.15, 0.2) is 9.84 Å². The van der Waals surface area contributed by atoms with Crippen LogP contribution in [0.3, 0.4) is 0 Å². The second-order valence-corrected chi connectivity index (χ2v) is 7.06. The summed E-state index contributed by atoms with van der Waals surface area (Å²) in [6, 6.07) is 0.131. The predicted octanol–water partition coefficient (Wildman–Crippen LogP) is 0.327. The molecular formula is C10H19NO3S. The third-order valence-corrected chi connectivity index (χ3v) is 5.79. The van der Waals surface area contributed by atoms with E-state index in [1.54, 1.807) is 0 Å². The summed E-state index contributed by atoms with van der Waals surface area (Å²) in [6.07, 6.45) is 0.747. The molecule has 2 aliphatic heterocycles. The van der Waals surface area contributed by atoms with Crippen molar-refractivity contribution < 1.29 is 13.2 Å². The minimum atomic E-state index is -2.99. The number of nitrogens with one attached hydrogen (secondary N) is 1. The van der Waals surface area contributed by atoms with Crippen LogP contribution in [0.4, 0.5) is 0 Å². The lowest BCUT2D eigenvalue weighted by Crippen LogP contribution is -2.63. The van der Waals surface area contributed by atoms with Gasteiger partial charge in [-0.25, -0.2) is 8.42 Å². The highest BCUT2D eigenvalue weighted by atomic mass is 32.2. The monoisotopic (exact) mass is 233 g/mol. The Morgan fingerprint density at radius 2 is 1.93 bits per heavy atom. The van der Waals surface area contributed by atoms with Crippen LogP contribution in [0.15, 0.2) is 0 Å². The second kappa shape index (κ2) is 3.71. The van der Waals surface area contributed by atoms with E-state index >= 15 is 0 Å². The Morgan fingerprint density at radius 1 is 1.27 bits per heavy atom. The van der Waals surface area contributed by atoms with Crippen molar-refractivity contribution in [2.45, 2.75) is 56.7 Å². The fraction of sp³-hybridized carbons (Fsp3) is 1.00. The van der Waals surface area contributed by atoms with Crippen LogP contribution in [-0.2, 0) is 14.6 Å². The fourth-order valence-corrected chi connectivity index (χ4v) is 5.25. The Balaban J connectivity index is 2.28. The number of hydrogen-bond donors (Lipinski definition) is 1. The topological polar surface area (TPSA) is 55.4 Å². The number of fused-ring (bicyclic) bond motifs is 1. The van der Waals surface area contributed by atoms with Gasteiger partial charge >= 0.3 is 0 Å². The summed E-state index contributed by atoms with van der Waals surface area (Å²) in [7, 11) is -2.99. The van der Waals surface area contributed by atoms with Crippen LogP contribution in [-0.4, -0.2) is 43.7 Å². The molecule has 0 aromatic carbocycles. The Kier molecular flexibility index (Phi) is 2.81. The van der Waals surface area contributed by atoms with Crippen molar-refractivity contribution in [1.29, 1.82) is 0 Å². The second-order valence-electron chi connectivity index (χ2n) is 4.86. The molecule has 0 aliphatic carbocycles. The van der Waals surface area contributed by atoms with Gasteiger partial charge in [-0.15, -0.1) is 0 Å². The third kappa shape index (κ3) is 2.05. The molecule has 88 valence electrons. The van der Waals surface area contributed by atoms with Gasteiger partial charge in [0, 0.05) is 12.1 Å². The van der Waals surface area contributed by atoms with Crippen LogP contribution in [0.1, 0.15) is 27.2 Å². The van der Waals surface area contributed by atoms with Crippen LogP contribution < -0.4 is 5.32 Å². The van der Waals surface area contributed by atoms with Crippen LogP contribution in [0, 0.1) is 0 Å². The zero-order valence-electron chi connectivity index (χ0n) is 9.43. The normalized spacial score (nSPS) is 49.7. The van der Waals surface area contributed by atoms with Crippen molar-refractivity contribution in [3.8, 4) is 0 Å². The Morgan fingerprint density at radius 3 is 2.60 bits per heavy atom. The largest absolute Gasteiger partial charge is 0.374 e. The molecule has 0 aromatic heterocycles. The molecule has 0 saturated carbocycles. The summed E-state index contributed by atoms with van der Waals surface area (Å²) in [5, 5.41) is 3.02. The van der Waals surface area contributed by atoms with Gasteiger partial charge in [0.25, 0.3) is 0 Å². The van der Waals surface area contributed by atoms with E-state index in [9.17, 15) is 8.42 Å². The molecule has 2 aliphatic rings.